The number of sulfonamides is 1. The molecule has 8 nitrogen and oxygen atoms in total. The molecule has 19 heavy (non-hydrogen) atoms. The number of aromatic nitrogens is 2. The second-order valence-corrected chi connectivity index (χ2v) is 6.99. The molecule has 1 N–H and O–H groups in total. The first-order valence-corrected chi connectivity index (χ1v) is 7.43. The summed E-state index contributed by atoms with van der Waals surface area (Å²) in [6, 6.07) is 2.38. The SMILES string of the molecule is Cn1nccc1NS(=O)(=O)c1cc([N+](=O)[O-])c(Cl)s1. The first-order chi connectivity index (χ1) is 8.81. The molecule has 0 aromatic carbocycles. The molecule has 0 unspecified atom stereocenters. The van der Waals surface area contributed by atoms with Crippen LogP contribution in [0.5, 0.6) is 0 Å². The third-order valence-electron chi connectivity index (χ3n) is 2.17. The van der Waals surface area contributed by atoms with Gasteiger partial charge >= 0.3 is 0 Å². The van der Waals surface area contributed by atoms with Gasteiger partial charge in [-0.15, -0.1) is 11.3 Å². The molecule has 0 saturated carbocycles. The van der Waals surface area contributed by atoms with Crippen molar-refractivity contribution in [3.63, 3.8) is 0 Å². The zero-order chi connectivity index (χ0) is 14.2. The molecule has 0 aliphatic rings. The van der Waals surface area contributed by atoms with Crippen molar-refractivity contribution in [1.29, 1.82) is 0 Å². The lowest BCUT2D eigenvalue weighted by molar-refractivity contribution is -0.384. The summed E-state index contributed by atoms with van der Waals surface area (Å²) in [4.78, 5) is 9.90. The van der Waals surface area contributed by atoms with Crippen LogP contribution in [0, 0.1) is 10.1 Å². The molecular weight excluding hydrogens is 316 g/mol. The summed E-state index contributed by atoms with van der Waals surface area (Å²) in [7, 11) is -2.36. The van der Waals surface area contributed by atoms with Gasteiger partial charge in [0, 0.05) is 19.2 Å². The fourth-order valence-electron chi connectivity index (χ4n) is 1.26. The van der Waals surface area contributed by atoms with Gasteiger partial charge in [-0.05, 0) is 0 Å². The predicted molar refractivity (Wildman–Crippen MR) is 70.0 cm³/mol. The highest BCUT2D eigenvalue weighted by Gasteiger charge is 2.25. The van der Waals surface area contributed by atoms with Crippen molar-refractivity contribution < 1.29 is 13.3 Å². The topological polar surface area (TPSA) is 107 Å². The number of hydrogen-bond acceptors (Lipinski definition) is 6. The van der Waals surface area contributed by atoms with Crippen LogP contribution in [0.15, 0.2) is 22.5 Å². The van der Waals surface area contributed by atoms with Crippen molar-refractivity contribution in [3.05, 3.63) is 32.8 Å². The Hall–Kier alpha value is -1.65. The molecule has 0 aliphatic carbocycles. The van der Waals surface area contributed by atoms with Gasteiger partial charge in [0.15, 0.2) is 4.34 Å². The predicted octanol–water partition coefficient (Wildman–Crippen LogP) is 1.84. The van der Waals surface area contributed by atoms with Crippen LogP contribution in [-0.2, 0) is 17.1 Å². The lowest BCUT2D eigenvalue weighted by Gasteiger charge is -2.05. The highest BCUT2D eigenvalue weighted by atomic mass is 35.5. The Labute approximate surface area is 116 Å². The number of aryl methyl sites for hydroxylation is 1. The van der Waals surface area contributed by atoms with E-state index >= 15 is 0 Å². The average Bonchev–Trinajstić information content (AvgIpc) is 2.86. The Bertz CT molecular complexity index is 736. The lowest BCUT2D eigenvalue weighted by Crippen LogP contribution is -2.14. The van der Waals surface area contributed by atoms with Gasteiger partial charge in [-0.1, -0.05) is 11.6 Å². The van der Waals surface area contributed by atoms with Gasteiger partial charge in [0.05, 0.1) is 11.1 Å². The summed E-state index contributed by atoms with van der Waals surface area (Å²) in [5, 5.41) is 14.4. The van der Waals surface area contributed by atoms with Crippen molar-refractivity contribution in [2.45, 2.75) is 4.21 Å². The van der Waals surface area contributed by atoms with E-state index in [1.54, 1.807) is 7.05 Å². The molecule has 102 valence electrons. The van der Waals surface area contributed by atoms with Gasteiger partial charge in [-0.25, -0.2) is 8.42 Å². The van der Waals surface area contributed by atoms with Gasteiger partial charge < -0.3 is 0 Å². The third kappa shape index (κ3) is 2.69. The smallest absolute Gasteiger partial charge is 0.263 e. The molecule has 0 amide bonds. The van der Waals surface area contributed by atoms with Gasteiger partial charge in [-0.3, -0.25) is 19.5 Å². The average molecular weight is 323 g/mol. The minimum Gasteiger partial charge on any atom is -0.263 e. The van der Waals surface area contributed by atoms with Crippen molar-refractivity contribution in [2.24, 2.45) is 7.05 Å². The molecule has 2 rings (SSSR count). The highest BCUT2D eigenvalue weighted by Crippen LogP contribution is 2.36. The molecule has 2 heterocycles. The van der Waals surface area contributed by atoms with E-state index in [4.69, 9.17) is 11.6 Å². The Morgan fingerprint density at radius 1 is 1.58 bits per heavy atom. The monoisotopic (exact) mass is 322 g/mol. The van der Waals surface area contributed by atoms with Crippen LogP contribution >= 0.6 is 22.9 Å². The maximum absolute atomic E-state index is 12.0. The lowest BCUT2D eigenvalue weighted by atomic mass is 10.6. The molecule has 0 atom stereocenters. The molecule has 2 aromatic rings. The summed E-state index contributed by atoms with van der Waals surface area (Å²) in [5.41, 5.74) is -0.433. The molecule has 11 heteroatoms. The van der Waals surface area contributed by atoms with E-state index in [0.717, 1.165) is 6.07 Å². The summed E-state index contributed by atoms with van der Waals surface area (Å²) >= 11 is 6.25. The normalized spacial score (nSPS) is 11.5. The number of nitrogens with one attached hydrogen (secondary N) is 1. The van der Waals surface area contributed by atoms with Crippen LogP contribution in [0.3, 0.4) is 0 Å². The van der Waals surface area contributed by atoms with Crippen LogP contribution in [-0.4, -0.2) is 23.1 Å². The number of nitrogens with zero attached hydrogens (tertiary/aromatic N) is 3. The second-order valence-electron chi connectivity index (χ2n) is 3.43. The number of rotatable bonds is 4. The van der Waals surface area contributed by atoms with E-state index in [-0.39, 0.29) is 14.4 Å². The van der Waals surface area contributed by atoms with Crippen LogP contribution in [0.2, 0.25) is 4.34 Å². The quantitative estimate of drug-likeness (QED) is 0.682. The standard InChI is InChI=1S/C8H7ClN4O4S2/c1-12-6(2-3-10-12)11-19(16,17)7-4-5(13(14)15)8(9)18-7/h2-4,11H,1H3. The van der Waals surface area contributed by atoms with E-state index in [2.05, 4.69) is 9.82 Å². The van der Waals surface area contributed by atoms with E-state index in [9.17, 15) is 18.5 Å². The zero-order valence-electron chi connectivity index (χ0n) is 9.40. The second kappa shape index (κ2) is 4.79. The van der Waals surface area contributed by atoms with Crippen LogP contribution in [0.1, 0.15) is 0 Å². The van der Waals surface area contributed by atoms with Crippen molar-refractivity contribution in [2.75, 3.05) is 4.72 Å². The van der Waals surface area contributed by atoms with Gasteiger partial charge in [0.2, 0.25) is 0 Å². The number of halogens is 1. The van der Waals surface area contributed by atoms with Gasteiger partial charge in [0.1, 0.15) is 10.0 Å². The molecule has 0 fully saturated rings. The summed E-state index contributed by atoms with van der Waals surface area (Å²) in [6.07, 6.45) is 1.42. The molecule has 2 aromatic heterocycles. The molecule has 0 aliphatic heterocycles. The molecule has 0 radical (unpaired) electrons. The number of anilines is 1. The maximum atomic E-state index is 12.0. The summed E-state index contributed by atoms with van der Waals surface area (Å²) < 4.78 is 27.2. The van der Waals surface area contributed by atoms with Crippen molar-refractivity contribution in [1.82, 2.24) is 9.78 Å². The minimum atomic E-state index is -3.92. The minimum absolute atomic E-state index is 0.185. The zero-order valence-corrected chi connectivity index (χ0v) is 11.8. The molecule has 0 bridgehead atoms. The summed E-state index contributed by atoms with van der Waals surface area (Å²) in [5.74, 6) is 0.243. The van der Waals surface area contributed by atoms with Gasteiger partial charge in [-0.2, -0.15) is 5.10 Å². The van der Waals surface area contributed by atoms with E-state index in [0.29, 0.717) is 11.3 Å². The Kier molecular flexibility index (Phi) is 3.47. The highest BCUT2D eigenvalue weighted by molar-refractivity contribution is 7.94. The molecule has 0 spiro atoms. The van der Waals surface area contributed by atoms with Crippen LogP contribution in [0.25, 0.3) is 0 Å². The van der Waals surface area contributed by atoms with E-state index < -0.39 is 20.6 Å². The van der Waals surface area contributed by atoms with Gasteiger partial charge in [0.25, 0.3) is 15.7 Å². The first-order valence-electron chi connectivity index (χ1n) is 4.76. The third-order valence-corrected chi connectivity index (χ3v) is 5.33. The van der Waals surface area contributed by atoms with E-state index in [1.807, 2.05) is 0 Å². The Morgan fingerprint density at radius 3 is 2.74 bits per heavy atom. The van der Waals surface area contributed by atoms with Crippen molar-refractivity contribution in [3.8, 4) is 0 Å². The van der Waals surface area contributed by atoms with Crippen molar-refractivity contribution >= 4 is 44.5 Å². The Balaban J connectivity index is 2.38. The fourth-order valence-corrected chi connectivity index (χ4v) is 4.01. The number of nitro groups is 1. The number of thiophene rings is 1. The summed E-state index contributed by atoms with van der Waals surface area (Å²) in [6.45, 7) is 0. The maximum Gasteiger partial charge on any atom is 0.300 e. The van der Waals surface area contributed by atoms with Crippen LogP contribution < -0.4 is 4.72 Å². The van der Waals surface area contributed by atoms with Crippen LogP contribution in [0.4, 0.5) is 11.5 Å². The number of hydrogen-bond donors (Lipinski definition) is 1. The fraction of sp³-hybridized carbons (Fsp3) is 0.125. The molecule has 0 saturated heterocycles. The Morgan fingerprint density at radius 2 is 2.26 bits per heavy atom. The largest absolute Gasteiger partial charge is 0.300 e. The van der Waals surface area contributed by atoms with E-state index in [1.165, 1.54) is 16.9 Å². The first kappa shape index (κ1) is 13.8. The molecular formula is C8H7ClN4O4S2.